The maximum atomic E-state index is 13.3. The van der Waals surface area contributed by atoms with Crippen LogP contribution in [0.15, 0.2) is 18.2 Å². The fourth-order valence-corrected chi connectivity index (χ4v) is 2.04. The van der Waals surface area contributed by atoms with E-state index in [1.807, 2.05) is 6.07 Å². The third-order valence-electron chi connectivity index (χ3n) is 2.97. The van der Waals surface area contributed by atoms with Crippen LogP contribution < -0.4 is 5.73 Å². The van der Waals surface area contributed by atoms with Crippen LogP contribution in [0.3, 0.4) is 0 Å². The molecule has 0 saturated heterocycles. The van der Waals surface area contributed by atoms with Crippen LogP contribution in [0.25, 0.3) is 0 Å². The van der Waals surface area contributed by atoms with Gasteiger partial charge >= 0.3 is 0 Å². The van der Waals surface area contributed by atoms with Gasteiger partial charge in [-0.15, -0.1) is 0 Å². The molecule has 0 aromatic heterocycles. The summed E-state index contributed by atoms with van der Waals surface area (Å²) in [6, 6.07) is 5.10. The van der Waals surface area contributed by atoms with Crippen molar-refractivity contribution >= 4 is 0 Å². The summed E-state index contributed by atoms with van der Waals surface area (Å²) in [6.45, 7) is 2.33. The molecule has 2 nitrogen and oxygen atoms in total. The second-order valence-electron chi connectivity index (χ2n) is 4.81. The van der Waals surface area contributed by atoms with E-state index in [2.05, 4.69) is 11.9 Å². The molecule has 0 bridgehead atoms. The predicted octanol–water partition coefficient (Wildman–Crippen LogP) is 2.13. The zero-order valence-corrected chi connectivity index (χ0v) is 9.75. The summed E-state index contributed by atoms with van der Waals surface area (Å²) in [4.78, 5) is 2.26. The molecular formula is C13H19FN2. The molecule has 16 heavy (non-hydrogen) atoms. The Labute approximate surface area is 96.2 Å². The van der Waals surface area contributed by atoms with Gasteiger partial charge in [0.15, 0.2) is 0 Å². The van der Waals surface area contributed by atoms with Crippen molar-refractivity contribution in [3.8, 4) is 0 Å². The zero-order valence-electron chi connectivity index (χ0n) is 9.75. The van der Waals surface area contributed by atoms with Crippen molar-refractivity contribution in [3.63, 3.8) is 0 Å². The second kappa shape index (κ2) is 4.93. The molecule has 1 saturated carbocycles. The van der Waals surface area contributed by atoms with Crippen molar-refractivity contribution < 1.29 is 4.39 Å². The highest BCUT2D eigenvalue weighted by atomic mass is 19.1. The molecule has 0 heterocycles. The summed E-state index contributed by atoms with van der Waals surface area (Å²) in [6.07, 6.45) is 2.70. The lowest BCUT2D eigenvalue weighted by molar-refractivity contribution is 0.312. The molecule has 1 aromatic rings. The summed E-state index contributed by atoms with van der Waals surface area (Å²) in [7, 11) is 2.09. The van der Waals surface area contributed by atoms with Crippen molar-refractivity contribution in [1.82, 2.24) is 4.90 Å². The molecule has 0 unspecified atom stereocenters. The predicted molar refractivity (Wildman–Crippen MR) is 63.3 cm³/mol. The number of nitrogens with two attached hydrogens (primary N) is 1. The quantitative estimate of drug-likeness (QED) is 0.827. The van der Waals surface area contributed by atoms with E-state index in [0.717, 1.165) is 30.1 Å². The molecule has 88 valence electrons. The molecule has 2 rings (SSSR count). The van der Waals surface area contributed by atoms with E-state index in [1.165, 1.54) is 18.9 Å². The normalized spacial score (nSPS) is 15.8. The molecule has 1 aliphatic carbocycles. The average Bonchev–Trinajstić information content (AvgIpc) is 3.00. The minimum atomic E-state index is -0.183. The number of hydrogen-bond acceptors (Lipinski definition) is 2. The minimum absolute atomic E-state index is 0.183. The topological polar surface area (TPSA) is 29.3 Å². The molecule has 0 radical (unpaired) electrons. The van der Waals surface area contributed by atoms with Gasteiger partial charge < -0.3 is 10.6 Å². The van der Waals surface area contributed by atoms with E-state index in [4.69, 9.17) is 5.73 Å². The third-order valence-corrected chi connectivity index (χ3v) is 2.97. The van der Waals surface area contributed by atoms with Crippen LogP contribution in [0.5, 0.6) is 0 Å². The molecule has 1 fully saturated rings. The van der Waals surface area contributed by atoms with E-state index in [1.54, 1.807) is 6.07 Å². The van der Waals surface area contributed by atoms with Gasteiger partial charge in [-0.2, -0.15) is 0 Å². The largest absolute Gasteiger partial charge is 0.326 e. The Hall–Kier alpha value is -0.930. The molecule has 0 aliphatic heterocycles. The Morgan fingerprint density at radius 3 is 2.62 bits per heavy atom. The van der Waals surface area contributed by atoms with Crippen molar-refractivity contribution in [2.75, 3.05) is 13.6 Å². The van der Waals surface area contributed by atoms with Gasteiger partial charge in [-0.05, 0) is 49.1 Å². The van der Waals surface area contributed by atoms with Gasteiger partial charge in [0.05, 0.1) is 0 Å². The van der Waals surface area contributed by atoms with Crippen LogP contribution in [0.2, 0.25) is 0 Å². The van der Waals surface area contributed by atoms with Crippen molar-refractivity contribution in [1.29, 1.82) is 0 Å². The highest BCUT2D eigenvalue weighted by Gasteiger charge is 2.22. The maximum Gasteiger partial charge on any atom is 0.123 e. The number of nitrogens with zero attached hydrogens (tertiary/aromatic N) is 1. The maximum absolute atomic E-state index is 13.3. The Morgan fingerprint density at radius 1 is 1.31 bits per heavy atom. The molecule has 1 aliphatic rings. The Morgan fingerprint density at radius 2 is 2.00 bits per heavy atom. The van der Waals surface area contributed by atoms with Gasteiger partial charge in [-0.1, -0.05) is 6.07 Å². The summed E-state index contributed by atoms with van der Waals surface area (Å²) in [5.74, 6) is 0.685. The molecule has 3 heteroatoms. The second-order valence-corrected chi connectivity index (χ2v) is 4.81. The third kappa shape index (κ3) is 3.29. The Balaban J connectivity index is 1.98. The summed E-state index contributed by atoms with van der Waals surface area (Å²) in [5, 5.41) is 0. The number of halogens is 1. The molecule has 0 spiro atoms. The molecule has 0 amide bonds. The summed E-state index contributed by atoms with van der Waals surface area (Å²) < 4.78 is 13.3. The zero-order chi connectivity index (χ0) is 11.5. The van der Waals surface area contributed by atoms with Crippen LogP contribution in [0.1, 0.15) is 24.0 Å². The smallest absolute Gasteiger partial charge is 0.123 e. The lowest BCUT2D eigenvalue weighted by Gasteiger charge is -2.16. The molecular weight excluding hydrogens is 203 g/mol. The van der Waals surface area contributed by atoms with E-state index in [-0.39, 0.29) is 5.82 Å². The number of hydrogen-bond donors (Lipinski definition) is 1. The first-order valence-electron chi connectivity index (χ1n) is 5.84. The first-order chi connectivity index (χ1) is 7.67. The van der Waals surface area contributed by atoms with Crippen molar-refractivity contribution in [3.05, 3.63) is 35.1 Å². The molecule has 1 aromatic carbocycles. The van der Waals surface area contributed by atoms with Gasteiger partial charge in [0, 0.05) is 19.6 Å². The van der Waals surface area contributed by atoms with Crippen LogP contribution in [-0.2, 0) is 13.1 Å². The lowest BCUT2D eigenvalue weighted by atomic mass is 10.1. The highest BCUT2D eigenvalue weighted by Crippen LogP contribution is 2.29. The summed E-state index contributed by atoms with van der Waals surface area (Å²) in [5.41, 5.74) is 7.42. The van der Waals surface area contributed by atoms with Gasteiger partial charge in [-0.3, -0.25) is 0 Å². The Bertz CT molecular complexity index is 361. The summed E-state index contributed by atoms with van der Waals surface area (Å²) >= 11 is 0. The lowest BCUT2D eigenvalue weighted by Crippen LogP contribution is -2.20. The van der Waals surface area contributed by atoms with Gasteiger partial charge in [-0.25, -0.2) is 4.39 Å². The van der Waals surface area contributed by atoms with E-state index < -0.39 is 0 Å². The molecule has 2 N–H and O–H groups in total. The van der Waals surface area contributed by atoms with Gasteiger partial charge in [0.25, 0.3) is 0 Å². The average molecular weight is 222 g/mol. The van der Waals surface area contributed by atoms with E-state index in [0.29, 0.717) is 6.54 Å². The van der Waals surface area contributed by atoms with Crippen LogP contribution in [0, 0.1) is 11.7 Å². The van der Waals surface area contributed by atoms with Crippen LogP contribution in [-0.4, -0.2) is 18.5 Å². The van der Waals surface area contributed by atoms with Crippen LogP contribution in [0.4, 0.5) is 4.39 Å². The molecule has 0 atom stereocenters. The van der Waals surface area contributed by atoms with Crippen LogP contribution >= 0.6 is 0 Å². The van der Waals surface area contributed by atoms with Crippen molar-refractivity contribution in [2.45, 2.75) is 25.9 Å². The van der Waals surface area contributed by atoms with Gasteiger partial charge in [0.1, 0.15) is 5.82 Å². The monoisotopic (exact) mass is 222 g/mol. The van der Waals surface area contributed by atoms with Crippen molar-refractivity contribution in [2.24, 2.45) is 11.7 Å². The first-order valence-corrected chi connectivity index (χ1v) is 5.84. The minimum Gasteiger partial charge on any atom is -0.326 e. The fourth-order valence-electron chi connectivity index (χ4n) is 2.04. The standard InChI is InChI=1S/C13H19FN2/c1-16(8-10-2-3-10)9-12-4-11(7-15)5-13(14)6-12/h4-6,10H,2-3,7-9,15H2,1H3. The van der Waals surface area contributed by atoms with Gasteiger partial charge in [0.2, 0.25) is 0 Å². The Kier molecular flexibility index (Phi) is 3.56. The van der Waals surface area contributed by atoms with E-state index >= 15 is 0 Å². The number of benzene rings is 1. The van der Waals surface area contributed by atoms with E-state index in [9.17, 15) is 4.39 Å². The fraction of sp³-hybridized carbons (Fsp3) is 0.538. The number of rotatable bonds is 5. The highest BCUT2D eigenvalue weighted by molar-refractivity contribution is 5.24. The first kappa shape index (κ1) is 11.6. The SMILES string of the molecule is CN(Cc1cc(F)cc(CN)c1)CC1CC1.